The zero-order valence-corrected chi connectivity index (χ0v) is 17.3. The highest BCUT2D eigenvalue weighted by Gasteiger charge is 2.37. The summed E-state index contributed by atoms with van der Waals surface area (Å²) in [5, 5.41) is 11.4. The van der Waals surface area contributed by atoms with Crippen LogP contribution in [0.25, 0.3) is 0 Å². The second-order valence-corrected chi connectivity index (χ2v) is 8.84. The van der Waals surface area contributed by atoms with Crippen molar-refractivity contribution in [3.05, 3.63) is 81.0 Å². The zero-order valence-electron chi connectivity index (χ0n) is 15.8. The Labute approximate surface area is 175 Å². The van der Waals surface area contributed by atoms with Crippen molar-refractivity contribution in [3.8, 4) is 0 Å². The fourth-order valence-electron chi connectivity index (χ4n) is 3.74. The molecule has 2 aromatic rings. The van der Waals surface area contributed by atoms with E-state index in [1.165, 1.54) is 0 Å². The third kappa shape index (κ3) is 4.48. The third-order valence-electron chi connectivity index (χ3n) is 5.08. The molecule has 1 aliphatic carbocycles. The average molecular weight is 417 g/mol. The molecule has 1 unspecified atom stereocenters. The normalized spacial score (nSPS) is 17.5. The molecule has 146 valence electrons. The fraction of sp³-hybridized carbons (Fsp3) is 0.304. The molecule has 3 nitrogen and oxygen atoms in total. The molecule has 0 aliphatic heterocycles. The lowest BCUT2D eigenvalue weighted by Gasteiger charge is -2.32. The predicted octanol–water partition coefficient (Wildman–Crippen LogP) is 6.55. The predicted molar refractivity (Wildman–Crippen MR) is 112 cm³/mol. The van der Waals surface area contributed by atoms with Crippen molar-refractivity contribution >= 4 is 34.8 Å². The van der Waals surface area contributed by atoms with Crippen molar-refractivity contribution < 1.29 is 14.7 Å². The summed E-state index contributed by atoms with van der Waals surface area (Å²) < 4.78 is 0. The zero-order chi connectivity index (χ0) is 20.5. The van der Waals surface area contributed by atoms with Crippen LogP contribution in [0.5, 0.6) is 0 Å². The van der Waals surface area contributed by atoms with Crippen LogP contribution in [-0.2, 0) is 4.79 Å². The number of carbonyl (C=O) groups is 2. The van der Waals surface area contributed by atoms with E-state index in [1.807, 2.05) is 19.9 Å². The average Bonchev–Trinajstić information content (AvgIpc) is 2.62. The standard InChI is InChI=1S/C23H22Cl2O3/c1-23(2)12-20(27)22(21(28)13-23)16(15-8-9-17(24)18(25)10-15)11-19(26)14-6-4-3-5-7-14/h3-10,16,27H,11-13H2,1-2H3. The first-order valence-corrected chi connectivity index (χ1v) is 9.92. The minimum Gasteiger partial charge on any atom is -0.512 e. The summed E-state index contributed by atoms with van der Waals surface area (Å²) in [5.41, 5.74) is 1.25. The van der Waals surface area contributed by atoms with E-state index >= 15 is 0 Å². The highest BCUT2D eigenvalue weighted by atomic mass is 35.5. The molecule has 1 aliphatic rings. The number of aliphatic hydroxyl groups is 1. The van der Waals surface area contributed by atoms with Crippen molar-refractivity contribution in [1.82, 2.24) is 0 Å². The Balaban J connectivity index is 2.05. The Morgan fingerprint density at radius 2 is 1.75 bits per heavy atom. The lowest BCUT2D eigenvalue weighted by atomic mass is 9.71. The highest BCUT2D eigenvalue weighted by Crippen LogP contribution is 2.43. The van der Waals surface area contributed by atoms with E-state index < -0.39 is 5.92 Å². The second-order valence-electron chi connectivity index (χ2n) is 8.02. The number of carbonyl (C=O) groups excluding carboxylic acids is 2. The SMILES string of the molecule is CC1(C)CC(=O)C(C(CC(=O)c2ccccc2)c2ccc(Cl)c(Cl)c2)=C(O)C1. The maximum Gasteiger partial charge on any atom is 0.163 e. The number of allylic oxidation sites excluding steroid dienone is 2. The third-order valence-corrected chi connectivity index (χ3v) is 5.82. The van der Waals surface area contributed by atoms with Gasteiger partial charge in [0.15, 0.2) is 11.6 Å². The molecule has 0 amide bonds. The van der Waals surface area contributed by atoms with Crippen LogP contribution >= 0.6 is 23.2 Å². The van der Waals surface area contributed by atoms with Crippen LogP contribution in [0.3, 0.4) is 0 Å². The van der Waals surface area contributed by atoms with Gasteiger partial charge in [0.25, 0.3) is 0 Å². The van der Waals surface area contributed by atoms with E-state index in [1.54, 1.807) is 42.5 Å². The number of rotatable bonds is 5. The molecule has 3 rings (SSSR count). The Bertz CT molecular complexity index is 946. The van der Waals surface area contributed by atoms with E-state index in [4.69, 9.17) is 23.2 Å². The van der Waals surface area contributed by atoms with Crippen LogP contribution in [0.2, 0.25) is 10.0 Å². The topological polar surface area (TPSA) is 54.4 Å². The van der Waals surface area contributed by atoms with Crippen molar-refractivity contribution in [2.75, 3.05) is 0 Å². The van der Waals surface area contributed by atoms with Crippen molar-refractivity contribution in [3.63, 3.8) is 0 Å². The van der Waals surface area contributed by atoms with Crippen LogP contribution in [0.1, 0.15) is 54.9 Å². The molecule has 0 aromatic heterocycles. The highest BCUT2D eigenvalue weighted by molar-refractivity contribution is 6.42. The molecule has 0 bridgehead atoms. The van der Waals surface area contributed by atoms with Gasteiger partial charge < -0.3 is 5.11 Å². The quantitative estimate of drug-likeness (QED) is 0.561. The lowest BCUT2D eigenvalue weighted by Crippen LogP contribution is -2.29. The van der Waals surface area contributed by atoms with Gasteiger partial charge in [0.1, 0.15) is 5.76 Å². The van der Waals surface area contributed by atoms with Gasteiger partial charge in [0, 0.05) is 36.3 Å². The molecule has 28 heavy (non-hydrogen) atoms. The molecule has 0 heterocycles. The Morgan fingerprint density at radius 3 is 2.36 bits per heavy atom. The lowest BCUT2D eigenvalue weighted by molar-refractivity contribution is -0.118. The van der Waals surface area contributed by atoms with E-state index in [0.29, 0.717) is 39.6 Å². The van der Waals surface area contributed by atoms with Gasteiger partial charge in [-0.25, -0.2) is 0 Å². The smallest absolute Gasteiger partial charge is 0.163 e. The number of Topliss-reactive ketones (excluding diaryl/α,β-unsaturated/α-hetero) is 2. The first kappa shape index (κ1) is 20.6. The van der Waals surface area contributed by atoms with Crippen molar-refractivity contribution in [1.29, 1.82) is 0 Å². The maximum absolute atomic E-state index is 12.9. The molecule has 0 fully saturated rings. The summed E-state index contributed by atoms with van der Waals surface area (Å²) in [6, 6.07) is 14.0. The maximum atomic E-state index is 12.9. The Morgan fingerprint density at radius 1 is 1.07 bits per heavy atom. The van der Waals surface area contributed by atoms with Crippen LogP contribution in [0.4, 0.5) is 0 Å². The Kier molecular flexibility index (Phi) is 5.97. The molecule has 0 radical (unpaired) electrons. The molecule has 2 aromatic carbocycles. The van der Waals surface area contributed by atoms with Gasteiger partial charge in [0.05, 0.1) is 10.0 Å². The van der Waals surface area contributed by atoms with Gasteiger partial charge in [-0.2, -0.15) is 0 Å². The molecule has 0 spiro atoms. The van der Waals surface area contributed by atoms with Crippen LogP contribution in [0, 0.1) is 5.41 Å². The molecule has 0 saturated heterocycles. The molecule has 1 atom stereocenters. The number of benzene rings is 2. The number of aliphatic hydroxyl groups excluding tert-OH is 1. The summed E-state index contributed by atoms with van der Waals surface area (Å²) in [6.07, 6.45) is 0.780. The van der Waals surface area contributed by atoms with Gasteiger partial charge in [0.2, 0.25) is 0 Å². The van der Waals surface area contributed by atoms with E-state index in [2.05, 4.69) is 0 Å². The number of hydrogen-bond donors (Lipinski definition) is 1. The molecule has 5 heteroatoms. The largest absolute Gasteiger partial charge is 0.512 e. The number of ketones is 2. The molecular formula is C23H22Cl2O3. The van der Waals surface area contributed by atoms with Gasteiger partial charge in [-0.3, -0.25) is 9.59 Å². The summed E-state index contributed by atoms with van der Waals surface area (Å²) in [5.74, 6) is -0.760. The number of hydrogen-bond acceptors (Lipinski definition) is 3. The second kappa shape index (κ2) is 8.10. The molecule has 0 saturated carbocycles. The van der Waals surface area contributed by atoms with Gasteiger partial charge in [-0.05, 0) is 23.1 Å². The van der Waals surface area contributed by atoms with E-state index in [0.717, 1.165) is 0 Å². The molecular weight excluding hydrogens is 395 g/mol. The summed E-state index contributed by atoms with van der Waals surface area (Å²) in [7, 11) is 0. The van der Waals surface area contributed by atoms with Gasteiger partial charge in [-0.1, -0.05) is 73.4 Å². The van der Waals surface area contributed by atoms with Crippen molar-refractivity contribution in [2.24, 2.45) is 5.41 Å². The summed E-state index contributed by atoms with van der Waals surface area (Å²) >= 11 is 12.2. The fourth-order valence-corrected chi connectivity index (χ4v) is 4.05. The number of halogens is 2. The Hall–Kier alpha value is -2.10. The van der Waals surface area contributed by atoms with E-state index in [-0.39, 0.29) is 29.2 Å². The van der Waals surface area contributed by atoms with Gasteiger partial charge in [-0.15, -0.1) is 0 Å². The van der Waals surface area contributed by atoms with Crippen molar-refractivity contribution in [2.45, 2.75) is 39.0 Å². The van der Waals surface area contributed by atoms with Crippen LogP contribution in [0.15, 0.2) is 59.9 Å². The molecule has 1 N–H and O–H groups in total. The summed E-state index contributed by atoms with van der Waals surface area (Å²) in [6.45, 7) is 3.89. The van der Waals surface area contributed by atoms with Gasteiger partial charge >= 0.3 is 0 Å². The van der Waals surface area contributed by atoms with Crippen LogP contribution in [-0.4, -0.2) is 16.7 Å². The summed E-state index contributed by atoms with van der Waals surface area (Å²) in [4.78, 5) is 25.8. The minimum absolute atomic E-state index is 0.0539. The minimum atomic E-state index is -0.578. The first-order valence-electron chi connectivity index (χ1n) is 9.16. The first-order chi connectivity index (χ1) is 13.2. The monoisotopic (exact) mass is 416 g/mol. The van der Waals surface area contributed by atoms with E-state index in [9.17, 15) is 14.7 Å². The van der Waals surface area contributed by atoms with Crippen LogP contribution < -0.4 is 0 Å².